The molecule has 272 valence electrons. The van der Waals surface area contributed by atoms with E-state index in [1.807, 2.05) is 102 Å². The molecule has 0 bridgehead atoms. The van der Waals surface area contributed by atoms with Gasteiger partial charge in [-0.3, -0.25) is 0 Å². The molecule has 0 N–H and O–H groups in total. The van der Waals surface area contributed by atoms with E-state index >= 15 is 0 Å². The predicted molar refractivity (Wildman–Crippen MR) is 210 cm³/mol. The van der Waals surface area contributed by atoms with Gasteiger partial charge >= 0.3 is 11.9 Å². The summed E-state index contributed by atoms with van der Waals surface area (Å²) in [5.74, 6) is 1.06. The Kier molecular flexibility index (Phi) is 11.3. The van der Waals surface area contributed by atoms with E-state index in [0.717, 1.165) is 26.0 Å². The molecule has 0 aliphatic rings. The van der Waals surface area contributed by atoms with Crippen molar-refractivity contribution in [1.29, 1.82) is 0 Å². The van der Waals surface area contributed by atoms with Gasteiger partial charge in [0.2, 0.25) is 0 Å². The van der Waals surface area contributed by atoms with Crippen LogP contribution in [0.1, 0.15) is 47.1 Å². The Hall–Kier alpha value is -5.47. The second kappa shape index (κ2) is 16.0. The van der Waals surface area contributed by atoms with Crippen LogP contribution in [0.5, 0.6) is 17.2 Å². The van der Waals surface area contributed by atoms with E-state index in [2.05, 4.69) is 66.7 Å². The van der Waals surface area contributed by atoms with E-state index in [0.29, 0.717) is 18.1 Å². The Morgan fingerprint density at radius 3 is 1.23 bits per heavy atom. The van der Waals surface area contributed by atoms with Gasteiger partial charge in [-0.05, 0) is 142 Å². The van der Waals surface area contributed by atoms with E-state index < -0.39 is 34.0 Å². The molecule has 0 spiro atoms. The molecule has 0 heterocycles. The monoisotopic (exact) mass is 729 g/mol. The number of rotatable bonds is 12. The zero-order valence-electron chi connectivity index (χ0n) is 31.0. The van der Waals surface area contributed by atoms with Crippen LogP contribution in [0.15, 0.2) is 142 Å². The first-order chi connectivity index (χ1) is 25.3. The third-order valence-electron chi connectivity index (χ3n) is 8.00. The number of benzene rings is 6. The molecule has 0 radical (unpaired) electrons. The van der Waals surface area contributed by atoms with Crippen molar-refractivity contribution in [3.05, 3.63) is 133 Å². The fraction of sp³-hybridized carbons (Fsp3) is 0.244. The minimum absolute atomic E-state index is 0.177. The van der Waals surface area contributed by atoms with Crippen molar-refractivity contribution < 1.29 is 33.3 Å². The number of ether oxygens (including phenoxy) is 5. The Morgan fingerprint density at radius 2 is 0.849 bits per heavy atom. The lowest BCUT2D eigenvalue weighted by Crippen LogP contribution is -2.27. The van der Waals surface area contributed by atoms with Crippen molar-refractivity contribution in [3.8, 4) is 17.2 Å². The van der Waals surface area contributed by atoms with E-state index in [4.69, 9.17) is 23.7 Å². The summed E-state index contributed by atoms with van der Waals surface area (Å²) in [5, 5.41) is 4.74. The van der Waals surface area contributed by atoms with Gasteiger partial charge in [-0.1, -0.05) is 48.5 Å². The summed E-state index contributed by atoms with van der Waals surface area (Å²) in [6, 6.07) is 42.8. The quantitative estimate of drug-likeness (QED) is 0.0705. The second-order valence-corrected chi connectivity index (χ2v) is 16.6. The number of fused-ring (bicyclic) bond motifs is 2. The van der Waals surface area contributed by atoms with Crippen LogP contribution in [0.4, 0.5) is 0 Å². The molecule has 0 saturated carbocycles. The number of hydrogen-bond donors (Lipinski definition) is 0. The fourth-order valence-electron chi connectivity index (χ4n) is 5.87. The Bertz CT molecular complexity index is 2050. The molecular weight excluding hydrogens is 685 g/mol. The van der Waals surface area contributed by atoms with Crippen LogP contribution in [0.2, 0.25) is 0 Å². The lowest BCUT2D eigenvalue weighted by molar-refractivity contribution is -0.158. The molecule has 6 aromatic rings. The molecule has 0 amide bonds. The maximum absolute atomic E-state index is 12.2. The minimum atomic E-state index is -0.583. The van der Waals surface area contributed by atoms with Gasteiger partial charge in [0.1, 0.15) is 35.1 Å². The molecule has 6 rings (SSSR count). The SMILES string of the molecule is CC(C)(C)OC(=O)COc1ccc([S+](c2ccc(OCC(=O)OC(C)(C)C)cc2)c2ccc(OCc3c4ccccc4cc4ccccc34)cc2)cc1. The molecule has 0 aliphatic heterocycles. The standard InChI is InChI=1S/C45H45O7S/c1-44(2,3)51-42(46)29-49-34-17-23-37(24-18-34)53(38-25-19-35(20-26-38)50-30-43(47)52-45(4,5)6)36-21-15-33(16-22-36)48-28-41-39-13-9-7-11-31(39)27-32-12-8-10-14-40(32)41/h7-27H,28-30H2,1-6H3/q+1. The van der Waals surface area contributed by atoms with Gasteiger partial charge in [0, 0.05) is 5.56 Å². The van der Waals surface area contributed by atoms with Crippen LogP contribution in [0, 0.1) is 0 Å². The molecule has 0 aliphatic carbocycles. The van der Waals surface area contributed by atoms with Gasteiger partial charge in [-0.2, -0.15) is 0 Å². The maximum atomic E-state index is 12.2. The molecule has 0 fully saturated rings. The molecule has 7 nitrogen and oxygen atoms in total. The number of carbonyl (C=O) groups excluding carboxylic acids is 2. The zero-order valence-corrected chi connectivity index (χ0v) is 31.8. The lowest BCUT2D eigenvalue weighted by Gasteiger charge is -2.19. The zero-order chi connectivity index (χ0) is 37.6. The topological polar surface area (TPSA) is 80.3 Å². The maximum Gasteiger partial charge on any atom is 0.344 e. The second-order valence-electron chi connectivity index (χ2n) is 14.6. The molecule has 0 saturated heterocycles. The van der Waals surface area contributed by atoms with Crippen molar-refractivity contribution in [2.75, 3.05) is 13.2 Å². The van der Waals surface area contributed by atoms with Gasteiger partial charge < -0.3 is 23.7 Å². The molecule has 0 atom stereocenters. The van der Waals surface area contributed by atoms with E-state index in [-0.39, 0.29) is 13.2 Å². The van der Waals surface area contributed by atoms with Gasteiger partial charge in [-0.25, -0.2) is 9.59 Å². The van der Waals surface area contributed by atoms with E-state index in [9.17, 15) is 9.59 Å². The minimum Gasteiger partial charge on any atom is -0.489 e. The van der Waals surface area contributed by atoms with Gasteiger partial charge in [0.05, 0.1) is 10.9 Å². The summed E-state index contributed by atoms with van der Waals surface area (Å²) < 4.78 is 28.7. The van der Waals surface area contributed by atoms with Gasteiger partial charge in [0.25, 0.3) is 0 Å². The highest BCUT2D eigenvalue weighted by molar-refractivity contribution is 7.97. The predicted octanol–water partition coefficient (Wildman–Crippen LogP) is 10.1. The highest BCUT2D eigenvalue weighted by atomic mass is 32.2. The van der Waals surface area contributed by atoms with Crippen molar-refractivity contribution >= 4 is 44.4 Å². The Morgan fingerprint density at radius 1 is 0.491 bits per heavy atom. The van der Waals surface area contributed by atoms with E-state index in [1.165, 1.54) is 21.5 Å². The first-order valence-electron chi connectivity index (χ1n) is 17.6. The van der Waals surface area contributed by atoms with Crippen molar-refractivity contribution in [1.82, 2.24) is 0 Å². The average molecular weight is 730 g/mol. The number of hydrogen-bond acceptors (Lipinski definition) is 7. The van der Waals surface area contributed by atoms with Crippen LogP contribution < -0.4 is 14.2 Å². The third-order valence-corrected chi connectivity index (χ3v) is 10.2. The van der Waals surface area contributed by atoms with Crippen LogP contribution in [-0.4, -0.2) is 36.4 Å². The molecule has 0 aromatic heterocycles. The number of esters is 2. The van der Waals surface area contributed by atoms with Crippen molar-refractivity contribution in [2.24, 2.45) is 0 Å². The van der Waals surface area contributed by atoms with Crippen molar-refractivity contribution in [3.63, 3.8) is 0 Å². The average Bonchev–Trinajstić information content (AvgIpc) is 3.12. The van der Waals surface area contributed by atoms with Crippen molar-refractivity contribution in [2.45, 2.75) is 74.0 Å². The Balaban J connectivity index is 1.23. The normalized spacial score (nSPS) is 11.8. The highest BCUT2D eigenvalue weighted by Crippen LogP contribution is 2.35. The summed E-state index contributed by atoms with van der Waals surface area (Å²) in [6.07, 6.45) is 0. The van der Waals surface area contributed by atoms with Crippen LogP contribution in [0.3, 0.4) is 0 Å². The summed E-state index contributed by atoms with van der Waals surface area (Å²) >= 11 is 0. The number of carbonyl (C=O) groups is 2. The van der Waals surface area contributed by atoms with Crippen LogP contribution >= 0.6 is 0 Å². The molecule has 53 heavy (non-hydrogen) atoms. The first kappa shape index (κ1) is 37.3. The summed E-state index contributed by atoms with van der Waals surface area (Å²) in [6.45, 7) is 11.0. The van der Waals surface area contributed by atoms with E-state index in [1.54, 1.807) is 0 Å². The van der Waals surface area contributed by atoms with Gasteiger partial charge in [-0.15, -0.1) is 0 Å². The molecule has 8 heteroatoms. The largest absolute Gasteiger partial charge is 0.489 e. The summed E-state index contributed by atoms with van der Waals surface area (Å²) in [4.78, 5) is 27.6. The molecular formula is C45H45O7S+. The summed E-state index contributed by atoms with van der Waals surface area (Å²) in [7, 11) is -0.519. The van der Waals surface area contributed by atoms with Crippen LogP contribution in [-0.2, 0) is 36.6 Å². The highest BCUT2D eigenvalue weighted by Gasteiger charge is 2.29. The molecule has 0 unspecified atom stereocenters. The first-order valence-corrected chi connectivity index (χ1v) is 18.8. The van der Waals surface area contributed by atoms with Crippen LogP contribution in [0.25, 0.3) is 21.5 Å². The smallest absolute Gasteiger partial charge is 0.344 e. The fourth-order valence-corrected chi connectivity index (χ4v) is 7.91. The lowest BCUT2D eigenvalue weighted by atomic mass is 9.97. The Labute approximate surface area is 314 Å². The molecule has 6 aromatic carbocycles. The van der Waals surface area contributed by atoms with Gasteiger partial charge in [0.15, 0.2) is 27.9 Å². The third kappa shape index (κ3) is 10.1. The summed E-state index contributed by atoms with van der Waals surface area (Å²) in [5.41, 5.74) is -0.00910.